The molecule has 0 spiro atoms. The highest BCUT2D eigenvalue weighted by Crippen LogP contribution is 2.23. The molecular formula is C19H14ClN3O3. The second kappa shape index (κ2) is 7.76. The quantitative estimate of drug-likeness (QED) is 0.491. The van der Waals surface area contributed by atoms with Crippen LogP contribution in [0.3, 0.4) is 0 Å². The zero-order valence-electron chi connectivity index (χ0n) is 13.6. The van der Waals surface area contributed by atoms with Gasteiger partial charge in [0.15, 0.2) is 0 Å². The van der Waals surface area contributed by atoms with Crippen LogP contribution in [-0.4, -0.2) is 15.8 Å². The summed E-state index contributed by atoms with van der Waals surface area (Å²) in [6.07, 6.45) is 1.66. The first-order chi connectivity index (χ1) is 12.5. The Morgan fingerprint density at radius 1 is 1.04 bits per heavy atom. The molecule has 0 N–H and O–H groups in total. The van der Waals surface area contributed by atoms with Crippen LogP contribution in [0.5, 0.6) is 0 Å². The molecule has 26 heavy (non-hydrogen) atoms. The van der Waals surface area contributed by atoms with Crippen molar-refractivity contribution in [2.24, 2.45) is 0 Å². The van der Waals surface area contributed by atoms with Gasteiger partial charge in [-0.05, 0) is 48.5 Å². The maximum Gasteiger partial charge on any atom is 0.269 e. The Labute approximate surface area is 154 Å². The number of pyridine rings is 1. The second-order valence-corrected chi connectivity index (χ2v) is 5.93. The average molecular weight is 368 g/mol. The minimum Gasteiger partial charge on any atom is -0.302 e. The van der Waals surface area contributed by atoms with Gasteiger partial charge in [0.25, 0.3) is 11.6 Å². The van der Waals surface area contributed by atoms with Gasteiger partial charge in [-0.3, -0.25) is 19.9 Å². The molecule has 0 saturated carbocycles. The van der Waals surface area contributed by atoms with Crippen LogP contribution in [0.2, 0.25) is 5.02 Å². The lowest BCUT2D eigenvalue weighted by atomic mass is 10.1. The number of benzene rings is 2. The Kier molecular flexibility index (Phi) is 5.24. The highest BCUT2D eigenvalue weighted by molar-refractivity contribution is 6.30. The fourth-order valence-corrected chi connectivity index (χ4v) is 2.56. The van der Waals surface area contributed by atoms with Crippen LogP contribution in [0.1, 0.15) is 16.1 Å². The maximum atomic E-state index is 13.0. The topological polar surface area (TPSA) is 76.3 Å². The molecule has 0 aliphatic heterocycles. The number of aromatic nitrogens is 1. The number of hydrogen-bond acceptors (Lipinski definition) is 4. The van der Waals surface area contributed by atoms with E-state index in [1.54, 1.807) is 41.4 Å². The lowest BCUT2D eigenvalue weighted by molar-refractivity contribution is -0.384. The molecule has 2 aromatic carbocycles. The summed E-state index contributed by atoms with van der Waals surface area (Å²) in [6, 6.07) is 17.9. The van der Waals surface area contributed by atoms with Crippen molar-refractivity contribution < 1.29 is 9.72 Å². The van der Waals surface area contributed by atoms with E-state index in [4.69, 9.17) is 11.6 Å². The molecule has 3 rings (SSSR count). The van der Waals surface area contributed by atoms with Crippen molar-refractivity contribution in [2.45, 2.75) is 6.54 Å². The number of nitro groups is 1. The molecule has 0 aliphatic rings. The fourth-order valence-electron chi connectivity index (χ4n) is 2.44. The van der Waals surface area contributed by atoms with Crippen molar-refractivity contribution >= 4 is 28.9 Å². The van der Waals surface area contributed by atoms with Gasteiger partial charge in [0.1, 0.15) is 0 Å². The number of carbonyl (C=O) groups is 1. The third kappa shape index (κ3) is 4.04. The van der Waals surface area contributed by atoms with Crippen LogP contribution in [0.4, 0.5) is 11.4 Å². The summed E-state index contributed by atoms with van der Waals surface area (Å²) in [5.41, 5.74) is 1.66. The molecule has 1 amide bonds. The van der Waals surface area contributed by atoms with Gasteiger partial charge in [-0.25, -0.2) is 0 Å². The molecule has 3 aromatic rings. The van der Waals surface area contributed by atoms with Crippen molar-refractivity contribution in [1.29, 1.82) is 0 Å². The molecule has 6 nitrogen and oxygen atoms in total. The number of halogens is 1. The Hall–Kier alpha value is -3.25. The number of nitrogens with zero attached hydrogens (tertiary/aromatic N) is 3. The number of non-ortho nitro benzene ring substituents is 1. The third-order valence-electron chi connectivity index (χ3n) is 3.75. The predicted molar refractivity (Wildman–Crippen MR) is 99.3 cm³/mol. The minimum atomic E-state index is -0.501. The summed E-state index contributed by atoms with van der Waals surface area (Å²) in [5.74, 6) is -0.284. The van der Waals surface area contributed by atoms with E-state index in [2.05, 4.69) is 4.98 Å². The summed E-state index contributed by atoms with van der Waals surface area (Å²) >= 11 is 5.94. The number of hydrogen-bond donors (Lipinski definition) is 0. The first-order valence-electron chi connectivity index (χ1n) is 7.76. The summed E-state index contributed by atoms with van der Waals surface area (Å²) in [4.78, 5) is 29.1. The second-order valence-electron chi connectivity index (χ2n) is 5.49. The molecule has 0 saturated heterocycles. The number of rotatable bonds is 5. The van der Waals surface area contributed by atoms with Gasteiger partial charge in [-0.2, -0.15) is 0 Å². The van der Waals surface area contributed by atoms with E-state index in [0.717, 1.165) is 5.69 Å². The molecule has 0 radical (unpaired) electrons. The molecule has 0 aliphatic carbocycles. The van der Waals surface area contributed by atoms with E-state index < -0.39 is 4.92 Å². The van der Waals surface area contributed by atoms with E-state index in [0.29, 0.717) is 16.3 Å². The Balaban J connectivity index is 1.94. The van der Waals surface area contributed by atoms with E-state index in [1.165, 1.54) is 24.3 Å². The maximum absolute atomic E-state index is 13.0. The summed E-state index contributed by atoms with van der Waals surface area (Å²) in [7, 11) is 0. The molecule has 0 fully saturated rings. The molecule has 0 unspecified atom stereocenters. The predicted octanol–water partition coefficient (Wildman–Crippen LogP) is 4.49. The Bertz CT molecular complexity index is 913. The van der Waals surface area contributed by atoms with Crippen LogP contribution in [-0.2, 0) is 6.54 Å². The molecule has 7 heteroatoms. The van der Waals surface area contributed by atoms with Gasteiger partial charge in [0, 0.05) is 34.6 Å². The van der Waals surface area contributed by atoms with E-state index in [-0.39, 0.29) is 18.1 Å². The largest absolute Gasteiger partial charge is 0.302 e. The van der Waals surface area contributed by atoms with Gasteiger partial charge in [-0.15, -0.1) is 0 Å². The Morgan fingerprint density at radius 2 is 1.73 bits per heavy atom. The van der Waals surface area contributed by atoms with Crippen molar-refractivity contribution in [3.8, 4) is 0 Å². The molecule has 0 atom stereocenters. The molecule has 130 valence electrons. The summed E-state index contributed by atoms with van der Waals surface area (Å²) < 4.78 is 0. The van der Waals surface area contributed by atoms with E-state index >= 15 is 0 Å². The van der Waals surface area contributed by atoms with Crippen molar-refractivity contribution in [3.05, 3.63) is 99.3 Å². The fraction of sp³-hybridized carbons (Fsp3) is 0.0526. The van der Waals surface area contributed by atoms with Crippen LogP contribution in [0.25, 0.3) is 0 Å². The lowest BCUT2D eigenvalue weighted by Crippen LogP contribution is -2.30. The summed E-state index contributed by atoms with van der Waals surface area (Å²) in [5, 5.41) is 11.4. The standard InChI is InChI=1S/C19H14ClN3O3/c20-15-6-10-17(11-7-15)22(13-16-3-1-2-12-21-16)19(24)14-4-8-18(9-5-14)23(25)26/h1-12H,13H2. The molecule has 1 heterocycles. The highest BCUT2D eigenvalue weighted by atomic mass is 35.5. The SMILES string of the molecule is O=C(c1ccc([N+](=O)[O-])cc1)N(Cc1ccccn1)c1ccc(Cl)cc1. The first-order valence-corrected chi connectivity index (χ1v) is 8.14. The zero-order valence-corrected chi connectivity index (χ0v) is 14.3. The van der Waals surface area contributed by atoms with Gasteiger partial charge in [0.2, 0.25) is 0 Å². The van der Waals surface area contributed by atoms with Crippen LogP contribution in [0.15, 0.2) is 72.9 Å². The number of amides is 1. The van der Waals surface area contributed by atoms with Crippen molar-refractivity contribution in [3.63, 3.8) is 0 Å². The number of nitro benzene ring substituents is 1. The zero-order chi connectivity index (χ0) is 18.5. The number of carbonyl (C=O) groups excluding carboxylic acids is 1. The molecule has 0 bridgehead atoms. The number of anilines is 1. The van der Waals surface area contributed by atoms with Crippen molar-refractivity contribution in [2.75, 3.05) is 4.90 Å². The van der Waals surface area contributed by atoms with E-state index in [1.807, 2.05) is 12.1 Å². The average Bonchev–Trinajstić information content (AvgIpc) is 2.67. The third-order valence-corrected chi connectivity index (χ3v) is 4.01. The van der Waals surface area contributed by atoms with Gasteiger partial charge in [0.05, 0.1) is 17.2 Å². The highest BCUT2D eigenvalue weighted by Gasteiger charge is 2.19. The van der Waals surface area contributed by atoms with Crippen molar-refractivity contribution in [1.82, 2.24) is 4.98 Å². The van der Waals surface area contributed by atoms with Crippen LogP contribution in [0, 0.1) is 10.1 Å². The van der Waals surface area contributed by atoms with E-state index in [9.17, 15) is 14.9 Å². The van der Waals surface area contributed by atoms with Crippen LogP contribution < -0.4 is 4.90 Å². The molecular weight excluding hydrogens is 354 g/mol. The molecule has 1 aromatic heterocycles. The van der Waals surface area contributed by atoms with Gasteiger partial charge >= 0.3 is 0 Å². The minimum absolute atomic E-state index is 0.0654. The summed E-state index contributed by atoms with van der Waals surface area (Å²) in [6.45, 7) is 0.262. The monoisotopic (exact) mass is 367 g/mol. The normalized spacial score (nSPS) is 10.3. The van der Waals surface area contributed by atoms with Gasteiger partial charge in [-0.1, -0.05) is 17.7 Å². The Morgan fingerprint density at radius 3 is 2.31 bits per heavy atom. The van der Waals surface area contributed by atoms with Gasteiger partial charge < -0.3 is 4.90 Å². The smallest absolute Gasteiger partial charge is 0.269 e. The first kappa shape index (κ1) is 17.6. The lowest BCUT2D eigenvalue weighted by Gasteiger charge is -2.23. The van der Waals surface area contributed by atoms with Crippen LogP contribution >= 0.6 is 11.6 Å².